The number of rotatable bonds is 2. The Morgan fingerprint density at radius 2 is 2.05 bits per heavy atom. The first-order chi connectivity index (χ1) is 9.81. The molecular formula is C16H15N3O. The van der Waals surface area contributed by atoms with E-state index < -0.39 is 0 Å². The van der Waals surface area contributed by atoms with Crippen LogP contribution >= 0.6 is 0 Å². The molecule has 2 heterocycles. The molecule has 4 heteroatoms. The standard InChI is InChI=1S/C16H15N3O/c17-10-13-9-16(18-15-4-2-1-3-14(13)15)19-7-5-12(11-20)6-8-19/h1-4,9,11-12H,5-8H2. The highest BCUT2D eigenvalue weighted by Gasteiger charge is 2.20. The first kappa shape index (κ1) is 12.6. The highest BCUT2D eigenvalue weighted by atomic mass is 16.1. The monoisotopic (exact) mass is 265 g/mol. The molecule has 1 aliphatic heterocycles. The lowest BCUT2D eigenvalue weighted by Gasteiger charge is -2.30. The van der Waals surface area contributed by atoms with Gasteiger partial charge in [-0.1, -0.05) is 18.2 Å². The van der Waals surface area contributed by atoms with Gasteiger partial charge in [0.05, 0.1) is 17.1 Å². The maximum Gasteiger partial charge on any atom is 0.130 e. The minimum absolute atomic E-state index is 0.169. The Morgan fingerprint density at radius 3 is 2.75 bits per heavy atom. The second-order valence-corrected chi connectivity index (χ2v) is 5.12. The van der Waals surface area contributed by atoms with Crippen LogP contribution in [0.1, 0.15) is 18.4 Å². The van der Waals surface area contributed by atoms with Crippen LogP contribution in [0.4, 0.5) is 5.82 Å². The van der Waals surface area contributed by atoms with Crippen LogP contribution in [-0.2, 0) is 4.79 Å². The fourth-order valence-corrected chi connectivity index (χ4v) is 2.68. The van der Waals surface area contributed by atoms with Gasteiger partial charge >= 0.3 is 0 Å². The topological polar surface area (TPSA) is 57.0 Å². The molecule has 1 aromatic carbocycles. The van der Waals surface area contributed by atoms with E-state index in [2.05, 4.69) is 16.0 Å². The Kier molecular flexibility index (Phi) is 3.34. The zero-order valence-corrected chi connectivity index (χ0v) is 11.1. The van der Waals surface area contributed by atoms with Gasteiger partial charge in [-0.3, -0.25) is 0 Å². The Bertz CT molecular complexity index is 682. The van der Waals surface area contributed by atoms with Crippen molar-refractivity contribution < 1.29 is 4.79 Å². The van der Waals surface area contributed by atoms with Crippen molar-refractivity contribution in [2.45, 2.75) is 12.8 Å². The Labute approximate surface area is 117 Å². The maximum absolute atomic E-state index is 10.8. The average molecular weight is 265 g/mol. The normalized spacial score (nSPS) is 16.1. The van der Waals surface area contributed by atoms with Crippen molar-refractivity contribution in [1.29, 1.82) is 5.26 Å². The second-order valence-electron chi connectivity index (χ2n) is 5.12. The molecule has 0 aliphatic carbocycles. The minimum atomic E-state index is 0.169. The summed E-state index contributed by atoms with van der Waals surface area (Å²) in [6, 6.07) is 11.8. The van der Waals surface area contributed by atoms with Gasteiger partial charge < -0.3 is 9.69 Å². The van der Waals surface area contributed by atoms with Crippen molar-refractivity contribution in [1.82, 2.24) is 4.98 Å². The molecule has 0 unspecified atom stereocenters. The van der Waals surface area contributed by atoms with Crippen LogP contribution in [0, 0.1) is 17.2 Å². The summed E-state index contributed by atoms with van der Waals surface area (Å²) in [4.78, 5) is 17.6. The highest BCUT2D eigenvalue weighted by molar-refractivity contribution is 5.86. The first-order valence-corrected chi connectivity index (χ1v) is 6.82. The molecule has 0 saturated carbocycles. The molecule has 1 aliphatic rings. The van der Waals surface area contributed by atoms with E-state index in [0.717, 1.165) is 48.9 Å². The second kappa shape index (κ2) is 5.30. The van der Waals surface area contributed by atoms with Crippen molar-refractivity contribution >= 4 is 23.0 Å². The molecule has 0 spiro atoms. The molecule has 1 fully saturated rings. The van der Waals surface area contributed by atoms with Gasteiger partial charge in [-0.25, -0.2) is 4.98 Å². The van der Waals surface area contributed by atoms with E-state index in [4.69, 9.17) is 0 Å². The van der Waals surface area contributed by atoms with Crippen molar-refractivity contribution in [2.75, 3.05) is 18.0 Å². The van der Waals surface area contributed by atoms with E-state index in [0.29, 0.717) is 5.56 Å². The molecule has 20 heavy (non-hydrogen) atoms. The van der Waals surface area contributed by atoms with E-state index in [1.165, 1.54) is 0 Å². The number of hydrogen-bond donors (Lipinski definition) is 0. The van der Waals surface area contributed by atoms with E-state index in [9.17, 15) is 10.1 Å². The van der Waals surface area contributed by atoms with E-state index in [1.54, 1.807) is 0 Å². The molecule has 0 N–H and O–H groups in total. The number of nitrogens with zero attached hydrogens (tertiary/aromatic N) is 3. The molecular weight excluding hydrogens is 250 g/mol. The lowest BCUT2D eigenvalue weighted by molar-refractivity contribution is -0.111. The smallest absolute Gasteiger partial charge is 0.130 e. The number of hydrogen-bond acceptors (Lipinski definition) is 4. The maximum atomic E-state index is 10.8. The number of carbonyl (C=O) groups excluding carboxylic acids is 1. The van der Waals surface area contributed by atoms with Gasteiger partial charge in [0, 0.05) is 24.4 Å². The number of piperidine rings is 1. The third-order valence-electron chi connectivity index (χ3n) is 3.88. The number of carbonyl (C=O) groups is 1. The van der Waals surface area contributed by atoms with Gasteiger partial charge in [-0.2, -0.15) is 5.26 Å². The molecule has 2 aromatic rings. The number of para-hydroxylation sites is 1. The fraction of sp³-hybridized carbons (Fsp3) is 0.312. The van der Waals surface area contributed by atoms with Gasteiger partial charge in [0.1, 0.15) is 12.1 Å². The highest BCUT2D eigenvalue weighted by Crippen LogP contribution is 2.25. The van der Waals surface area contributed by atoms with E-state index in [1.807, 2.05) is 30.3 Å². The summed E-state index contributed by atoms with van der Waals surface area (Å²) in [5, 5.41) is 10.2. The number of anilines is 1. The van der Waals surface area contributed by atoms with Crippen LogP contribution in [0.2, 0.25) is 0 Å². The van der Waals surface area contributed by atoms with Crippen molar-refractivity contribution in [3.63, 3.8) is 0 Å². The number of benzene rings is 1. The van der Waals surface area contributed by atoms with Crippen LogP contribution in [0.5, 0.6) is 0 Å². The third-order valence-corrected chi connectivity index (χ3v) is 3.88. The zero-order valence-electron chi connectivity index (χ0n) is 11.1. The molecule has 4 nitrogen and oxygen atoms in total. The number of aldehydes is 1. The molecule has 0 amide bonds. The number of pyridine rings is 1. The molecule has 3 rings (SSSR count). The van der Waals surface area contributed by atoms with Gasteiger partial charge in [0.2, 0.25) is 0 Å². The fourth-order valence-electron chi connectivity index (χ4n) is 2.68. The largest absolute Gasteiger partial charge is 0.357 e. The Hall–Kier alpha value is -2.41. The summed E-state index contributed by atoms with van der Waals surface area (Å²) < 4.78 is 0. The predicted molar refractivity (Wildman–Crippen MR) is 77.5 cm³/mol. The van der Waals surface area contributed by atoms with Crippen molar-refractivity contribution in [3.8, 4) is 6.07 Å². The summed E-state index contributed by atoms with van der Waals surface area (Å²) in [6.45, 7) is 1.64. The summed E-state index contributed by atoms with van der Waals surface area (Å²) in [5.41, 5.74) is 1.50. The summed E-state index contributed by atoms with van der Waals surface area (Å²) >= 11 is 0. The van der Waals surface area contributed by atoms with Gasteiger partial charge in [-0.05, 0) is 25.0 Å². The van der Waals surface area contributed by atoms with Crippen molar-refractivity contribution in [3.05, 3.63) is 35.9 Å². The van der Waals surface area contributed by atoms with Crippen LogP contribution in [0.25, 0.3) is 10.9 Å². The Balaban J connectivity index is 1.97. The van der Waals surface area contributed by atoms with Crippen LogP contribution < -0.4 is 4.90 Å². The van der Waals surface area contributed by atoms with Crippen LogP contribution in [-0.4, -0.2) is 24.4 Å². The number of fused-ring (bicyclic) bond motifs is 1. The zero-order chi connectivity index (χ0) is 13.9. The molecule has 100 valence electrons. The van der Waals surface area contributed by atoms with Crippen LogP contribution in [0.3, 0.4) is 0 Å². The minimum Gasteiger partial charge on any atom is -0.357 e. The van der Waals surface area contributed by atoms with Crippen molar-refractivity contribution in [2.24, 2.45) is 5.92 Å². The molecule has 1 saturated heterocycles. The van der Waals surface area contributed by atoms with Gasteiger partial charge in [0.25, 0.3) is 0 Å². The van der Waals surface area contributed by atoms with Gasteiger partial charge in [-0.15, -0.1) is 0 Å². The summed E-state index contributed by atoms with van der Waals surface area (Å²) in [7, 11) is 0. The molecule has 0 radical (unpaired) electrons. The third kappa shape index (κ3) is 2.23. The molecule has 1 aromatic heterocycles. The molecule has 0 atom stereocenters. The SMILES string of the molecule is N#Cc1cc(N2CCC(C=O)CC2)nc2ccccc12. The first-order valence-electron chi connectivity index (χ1n) is 6.82. The quantitative estimate of drug-likeness (QED) is 0.783. The predicted octanol–water partition coefficient (Wildman–Crippen LogP) is 2.52. The lowest BCUT2D eigenvalue weighted by atomic mass is 9.98. The Morgan fingerprint density at radius 1 is 1.30 bits per heavy atom. The van der Waals surface area contributed by atoms with E-state index in [-0.39, 0.29) is 5.92 Å². The summed E-state index contributed by atoms with van der Waals surface area (Å²) in [5.74, 6) is 1.01. The van der Waals surface area contributed by atoms with Crippen LogP contribution in [0.15, 0.2) is 30.3 Å². The van der Waals surface area contributed by atoms with Gasteiger partial charge in [0.15, 0.2) is 0 Å². The molecule has 0 bridgehead atoms. The number of nitriles is 1. The number of aromatic nitrogens is 1. The summed E-state index contributed by atoms with van der Waals surface area (Å²) in [6.07, 6.45) is 2.77. The average Bonchev–Trinajstić information content (AvgIpc) is 2.54. The lowest BCUT2D eigenvalue weighted by Crippen LogP contribution is -2.34. The van der Waals surface area contributed by atoms with E-state index >= 15 is 0 Å².